The van der Waals surface area contributed by atoms with Crippen LogP contribution in [-0.2, 0) is 10.0 Å². The van der Waals surface area contributed by atoms with Crippen LogP contribution in [0.4, 0.5) is 5.13 Å². The monoisotopic (exact) mass is 437 g/mol. The molecule has 0 spiro atoms. The Morgan fingerprint density at radius 2 is 1.93 bits per heavy atom. The van der Waals surface area contributed by atoms with Crippen LogP contribution < -0.4 is 10.0 Å². The first kappa shape index (κ1) is 22.2. The van der Waals surface area contributed by atoms with E-state index in [1.54, 1.807) is 13.0 Å². The molecule has 1 heterocycles. The zero-order valence-electron chi connectivity index (χ0n) is 17.7. The third-order valence-electron chi connectivity index (χ3n) is 4.99. The van der Waals surface area contributed by atoms with Gasteiger partial charge in [0.15, 0.2) is 5.13 Å². The number of nitrogens with zero attached hydrogens (tertiary/aromatic N) is 1. The fourth-order valence-corrected chi connectivity index (χ4v) is 6.35. The number of thiazole rings is 1. The number of sulfonamides is 1. The summed E-state index contributed by atoms with van der Waals surface area (Å²) in [6.45, 7) is 9.98. The Hall–Kier alpha value is -1.48. The summed E-state index contributed by atoms with van der Waals surface area (Å²) < 4.78 is 28.9. The molecular formula is C21H31N3O3S2. The highest BCUT2D eigenvalue weighted by Gasteiger charge is 2.27. The highest BCUT2D eigenvalue weighted by molar-refractivity contribution is 7.89. The predicted molar refractivity (Wildman–Crippen MR) is 119 cm³/mol. The van der Waals surface area contributed by atoms with E-state index >= 15 is 0 Å². The molecule has 1 saturated carbocycles. The SMILES string of the molecule is Cc1ccc(-c2sc(NC(C)(C)C)nc2C)cc1S(=O)(=O)NC1CCCC(O)C1. The molecule has 2 aromatic rings. The van der Waals surface area contributed by atoms with Crippen LogP contribution in [0, 0.1) is 13.8 Å². The van der Waals surface area contributed by atoms with Gasteiger partial charge in [0.1, 0.15) is 0 Å². The fraction of sp³-hybridized carbons (Fsp3) is 0.571. The van der Waals surface area contributed by atoms with Crippen LogP contribution in [0.15, 0.2) is 23.1 Å². The standard InChI is InChI=1S/C21H31N3O3S2/c1-13-9-10-15(19-14(2)22-20(28-19)23-21(3,4)5)11-18(13)29(26,27)24-16-7-6-8-17(25)12-16/h9-11,16-17,24-25H,6-8,12H2,1-5H3,(H,22,23). The zero-order valence-corrected chi connectivity index (χ0v) is 19.4. The maximum Gasteiger partial charge on any atom is 0.241 e. The van der Waals surface area contributed by atoms with Crippen molar-refractivity contribution < 1.29 is 13.5 Å². The van der Waals surface area contributed by atoms with Gasteiger partial charge in [0.25, 0.3) is 0 Å². The molecule has 3 rings (SSSR count). The predicted octanol–water partition coefficient (Wildman–Crippen LogP) is 4.22. The summed E-state index contributed by atoms with van der Waals surface area (Å²) in [7, 11) is -3.67. The molecule has 3 N–H and O–H groups in total. The van der Waals surface area contributed by atoms with Crippen LogP contribution in [0.2, 0.25) is 0 Å². The van der Waals surface area contributed by atoms with Gasteiger partial charge in [0.05, 0.1) is 21.6 Å². The molecule has 2 unspecified atom stereocenters. The van der Waals surface area contributed by atoms with E-state index in [1.165, 1.54) is 11.3 Å². The Balaban J connectivity index is 1.90. The van der Waals surface area contributed by atoms with E-state index in [0.717, 1.165) is 40.5 Å². The number of hydrogen-bond acceptors (Lipinski definition) is 6. The molecule has 1 aliphatic carbocycles. The normalized spacial score (nSPS) is 20.6. The summed E-state index contributed by atoms with van der Waals surface area (Å²) in [4.78, 5) is 5.85. The molecule has 1 fully saturated rings. The van der Waals surface area contributed by atoms with Crippen LogP contribution in [0.3, 0.4) is 0 Å². The van der Waals surface area contributed by atoms with Crippen molar-refractivity contribution in [1.82, 2.24) is 9.71 Å². The lowest BCUT2D eigenvalue weighted by atomic mass is 9.94. The lowest BCUT2D eigenvalue weighted by Gasteiger charge is -2.26. The summed E-state index contributed by atoms with van der Waals surface area (Å²) in [6.07, 6.45) is 2.36. The molecule has 8 heteroatoms. The highest BCUT2D eigenvalue weighted by atomic mass is 32.2. The number of anilines is 1. The molecule has 0 amide bonds. The van der Waals surface area contributed by atoms with Crippen molar-refractivity contribution in [3.8, 4) is 10.4 Å². The summed E-state index contributed by atoms with van der Waals surface area (Å²) >= 11 is 1.53. The quantitative estimate of drug-likeness (QED) is 0.651. The Bertz CT molecular complexity index is 978. The number of nitrogens with one attached hydrogen (secondary N) is 2. The average Bonchev–Trinajstić information content (AvgIpc) is 2.93. The number of rotatable bonds is 5. The van der Waals surface area contributed by atoms with Gasteiger partial charge in [-0.1, -0.05) is 23.5 Å². The second-order valence-corrected chi connectivity index (χ2v) is 11.6. The van der Waals surface area contributed by atoms with Crippen molar-refractivity contribution in [3.05, 3.63) is 29.5 Å². The minimum Gasteiger partial charge on any atom is -0.393 e. The summed E-state index contributed by atoms with van der Waals surface area (Å²) in [5, 5.41) is 14.1. The first-order valence-corrected chi connectivity index (χ1v) is 12.3. The van der Waals surface area contributed by atoms with E-state index in [1.807, 2.05) is 19.1 Å². The largest absolute Gasteiger partial charge is 0.393 e. The van der Waals surface area contributed by atoms with E-state index in [2.05, 4.69) is 35.8 Å². The molecule has 0 bridgehead atoms. The first-order valence-electron chi connectivity index (χ1n) is 10.0. The van der Waals surface area contributed by atoms with Crippen LogP contribution in [0.25, 0.3) is 10.4 Å². The van der Waals surface area contributed by atoms with E-state index in [9.17, 15) is 13.5 Å². The van der Waals surface area contributed by atoms with Crippen molar-refractivity contribution >= 4 is 26.5 Å². The number of hydrogen-bond donors (Lipinski definition) is 3. The van der Waals surface area contributed by atoms with Crippen LogP contribution >= 0.6 is 11.3 Å². The minimum atomic E-state index is -3.67. The molecule has 0 radical (unpaired) electrons. The molecule has 1 aromatic carbocycles. The molecule has 2 atom stereocenters. The van der Waals surface area contributed by atoms with Gasteiger partial charge >= 0.3 is 0 Å². The summed E-state index contributed by atoms with van der Waals surface area (Å²) in [5.41, 5.74) is 2.32. The van der Waals surface area contributed by atoms with Crippen molar-refractivity contribution in [2.24, 2.45) is 0 Å². The molecular weight excluding hydrogens is 406 g/mol. The van der Waals surface area contributed by atoms with Crippen LogP contribution in [-0.4, -0.2) is 36.2 Å². The smallest absolute Gasteiger partial charge is 0.241 e. The Morgan fingerprint density at radius 3 is 2.59 bits per heavy atom. The molecule has 0 aliphatic heterocycles. The molecule has 0 saturated heterocycles. The van der Waals surface area contributed by atoms with Gasteiger partial charge in [-0.3, -0.25) is 0 Å². The Kier molecular flexibility index (Phi) is 6.38. The van der Waals surface area contributed by atoms with Crippen molar-refractivity contribution in [3.63, 3.8) is 0 Å². The second-order valence-electron chi connectivity index (χ2n) is 8.93. The Labute approximate surface area is 177 Å². The lowest BCUT2D eigenvalue weighted by Crippen LogP contribution is -2.39. The van der Waals surface area contributed by atoms with Crippen molar-refractivity contribution in [2.45, 2.75) is 82.9 Å². The summed E-state index contributed by atoms with van der Waals surface area (Å²) in [6, 6.07) is 5.30. The number of aliphatic hydroxyl groups is 1. The van der Waals surface area contributed by atoms with Gasteiger partial charge in [-0.25, -0.2) is 18.1 Å². The van der Waals surface area contributed by atoms with E-state index in [0.29, 0.717) is 12.0 Å². The molecule has 6 nitrogen and oxygen atoms in total. The van der Waals surface area contributed by atoms with E-state index in [-0.39, 0.29) is 16.5 Å². The Morgan fingerprint density at radius 1 is 1.21 bits per heavy atom. The fourth-order valence-electron chi connectivity index (χ4n) is 3.62. The van der Waals surface area contributed by atoms with Gasteiger partial charge < -0.3 is 10.4 Å². The number of aryl methyl sites for hydroxylation is 2. The van der Waals surface area contributed by atoms with Crippen molar-refractivity contribution in [1.29, 1.82) is 0 Å². The second kappa shape index (κ2) is 8.34. The van der Waals surface area contributed by atoms with E-state index < -0.39 is 16.1 Å². The highest BCUT2D eigenvalue weighted by Crippen LogP contribution is 2.35. The van der Waals surface area contributed by atoms with Gasteiger partial charge in [-0.15, -0.1) is 0 Å². The lowest BCUT2D eigenvalue weighted by molar-refractivity contribution is 0.117. The number of aromatic nitrogens is 1. The van der Waals surface area contributed by atoms with Gasteiger partial charge in [-0.2, -0.15) is 0 Å². The molecule has 160 valence electrons. The van der Waals surface area contributed by atoms with Gasteiger partial charge in [-0.05, 0) is 77.5 Å². The zero-order chi connectivity index (χ0) is 21.4. The van der Waals surface area contributed by atoms with E-state index in [4.69, 9.17) is 0 Å². The number of benzene rings is 1. The number of aliphatic hydroxyl groups excluding tert-OH is 1. The maximum atomic E-state index is 13.1. The van der Waals surface area contributed by atoms with Gasteiger partial charge in [0.2, 0.25) is 10.0 Å². The topological polar surface area (TPSA) is 91.3 Å². The third-order valence-corrected chi connectivity index (χ3v) is 7.77. The van der Waals surface area contributed by atoms with Crippen LogP contribution in [0.1, 0.15) is 57.7 Å². The molecule has 1 aromatic heterocycles. The maximum absolute atomic E-state index is 13.1. The van der Waals surface area contributed by atoms with Gasteiger partial charge in [0, 0.05) is 11.6 Å². The third kappa shape index (κ3) is 5.57. The molecule has 29 heavy (non-hydrogen) atoms. The average molecular weight is 438 g/mol. The minimum absolute atomic E-state index is 0.0994. The first-order chi connectivity index (χ1) is 13.4. The molecule has 1 aliphatic rings. The summed E-state index contributed by atoms with van der Waals surface area (Å²) in [5.74, 6) is 0. The van der Waals surface area contributed by atoms with Crippen molar-refractivity contribution in [2.75, 3.05) is 5.32 Å². The van der Waals surface area contributed by atoms with Crippen LogP contribution in [0.5, 0.6) is 0 Å².